The van der Waals surface area contributed by atoms with E-state index in [0.29, 0.717) is 5.92 Å². The molecule has 1 fully saturated rings. The highest BCUT2D eigenvalue weighted by molar-refractivity contribution is 5.64. The van der Waals surface area contributed by atoms with Crippen molar-refractivity contribution in [2.75, 3.05) is 0 Å². The van der Waals surface area contributed by atoms with E-state index in [2.05, 4.69) is 74.5 Å². The van der Waals surface area contributed by atoms with Crippen molar-refractivity contribution in [2.45, 2.75) is 77.6 Å². The van der Waals surface area contributed by atoms with E-state index in [1.165, 1.54) is 49.7 Å². The third-order valence-electron chi connectivity index (χ3n) is 7.72. The van der Waals surface area contributed by atoms with Crippen LogP contribution in [0.25, 0.3) is 11.1 Å². The first-order valence-corrected chi connectivity index (χ1v) is 13.0. The zero-order chi connectivity index (χ0) is 23.0. The van der Waals surface area contributed by atoms with Crippen LogP contribution in [0.5, 0.6) is 0 Å². The van der Waals surface area contributed by atoms with E-state index in [1.807, 2.05) is 6.07 Å². The summed E-state index contributed by atoms with van der Waals surface area (Å²) in [6, 6.07) is 25.5. The summed E-state index contributed by atoms with van der Waals surface area (Å²) in [7, 11) is 0. The summed E-state index contributed by atoms with van der Waals surface area (Å²) in [5, 5.41) is 0. The molecule has 3 aromatic carbocycles. The molecule has 0 radical (unpaired) electrons. The molecule has 1 atom stereocenters. The van der Waals surface area contributed by atoms with Crippen LogP contribution in [0.4, 0.5) is 4.39 Å². The van der Waals surface area contributed by atoms with Gasteiger partial charge in [0.15, 0.2) is 0 Å². The van der Waals surface area contributed by atoms with Gasteiger partial charge in [0.05, 0.1) is 0 Å². The van der Waals surface area contributed by atoms with Gasteiger partial charge in [-0.25, -0.2) is 4.39 Å². The van der Waals surface area contributed by atoms with Crippen LogP contribution in [0.1, 0.15) is 81.4 Å². The van der Waals surface area contributed by atoms with E-state index in [-0.39, 0.29) is 5.82 Å². The zero-order valence-corrected chi connectivity index (χ0v) is 20.4. The second-order valence-electron chi connectivity index (χ2n) is 10.2. The number of benzene rings is 3. The van der Waals surface area contributed by atoms with Gasteiger partial charge in [0.2, 0.25) is 0 Å². The highest BCUT2D eigenvalue weighted by atomic mass is 19.1. The Morgan fingerprint density at radius 3 is 2.12 bits per heavy atom. The third kappa shape index (κ3) is 6.56. The van der Waals surface area contributed by atoms with Gasteiger partial charge < -0.3 is 0 Å². The highest BCUT2D eigenvalue weighted by Crippen LogP contribution is 2.37. The molecule has 0 nitrogen and oxygen atoms in total. The maximum atomic E-state index is 14.3. The van der Waals surface area contributed by atoms with Crippen LogP contribution in [0.15, 0.2) is 72.8 Å². The molecule has 0 N–H and O–H groups in total. The summed E-state index contributed by atoms with van der Waals surface area (Å²) in [6.45, 7) is 4.48. The summed E-state index contributed by atoms with van der Waals surface area (Å²) >= 11 is 0. The molecular weight excluding hydrogens is 403 g/mol. The summed E-state index contributed by atoms with van der Waals surface area (Å²) < 4.78 is 14.3. The largest absolute Gasteiger partial charge is 0.207 e. The van der Waals surface area contributed by atoms with E-state index >= 15 is 0 Å². The first-order valence-electron chi connectivity index (χ1n) is 13.0. The van der Waals surface area contributed by atoms with Gasteiger partial charge in [0.25, 0.3) is 0 Å². The second-order valence-corrected chi connectivity index (χ2v) is 10.2. The van der Waals surface area contributed by atoms with Crippen LogP contribution in [0.3, 0.4) is 0 Å². The van der Waals surface area contributed by atoms with Crippen molar-refractivity contribution in [3.63, 3.8) is 0 Å². The van der Waals surface area contributed by atoms with Crippen molar-refractivity contribution in [3.8, 4) is 11.1 Å². The van der Waals surface area contributed by atoms with E-state index in [4.69, 9.17) is 0 Å². The molecule has 3 aromatic rings. The van der Waals surface area contributed by atoms with E-state index in [1.54, 1.807) is 6.07 Å². The van der Waals surface area contributed by atoms with Crippen LogP contribution < -0.4 is 0 Å². The molecule has 0 bridgehead atoms. The monoisotopic (exact) mass is 442 g/mol. The molecule has 4 rings (SSSR count). The minimum absolute atomic E-state index is 0.0767. The number of hydrogen-bond acceptors (Lipinski definition) is 0. The first kappa shape index (κ1) is 23.7. The minimum Gasteiger partial charge on any atom is -0.207 e. The fourth-order valence-electron chi connectivity index (χ4n) is 5.61. The van der Waals surface area contributed by atoms with Crippen molar-refractivity contribution in [2.24, 2.45) is 11.8 Å². The average molecular weight is 443 g/mol. The number of halogens is 1. The van der Waals surface area contributed by atoms with E-state index in [0.717, 1.165) is 47.8 Å². The lowest BCUT2D eigenvalue weighted by Crippen LogP contribution is -2.16. The van der Waals surface area contributed by atoms with Gasteiger partial charge in [-0.1, -0.05) is 113 Å². The normalized spacial score (nSPS) is 19.4. The average Bonchev–Trinajstić information content (AvgIpc) is 2.86. The number of hydrogen-bond donors (Lipinski definition) is 0. The van der Waals surface area contributed by atoms with Crippen LogP contribution in [0, 0.1) is 17.7 Å². The molecule has 33 heavy (non-hydrogen) atoms. The van der Waals surface area contributed by atoms with Gasteiger partial charge in [0, 0.05) is 0 Å². The van der Waals surface area contributed by atoms with E-state index < -0.39 is 0 Å². The standard InChI is InChI=1S/C32H39F/c1-3-7-30-20-21-31(23-32(30)33)29-18-16-26(17-19-29)11-10-25-12-14-27(15-13-25)22-24(2)28-8-5-4-6-9-28/h4-6,8-9,16-21,23-25,27H,3,7,10-15,22H2,1-2H3/t24-,25?,27?/m0/s1. The summed E-state index contributed by atoms with van der Waals surface area (Å²) in [5.74, 6) is 2.35. The predicted molar refractivity (Wildman–Crippen MR) is 139 cm³/mol. The van der Waals surface area contributed by atoms with Gasteiger partial charge >= 0.3 is 0 Å². The summed E-state index contributed by atoms with van der Waals surface area (Å²) in [5.41, 5.74) is 5.79. The molecule has 174 valence electrons. The van der Waals surface area contributed by atoms with E-state index in [9.17, 15) is 4.39 Å². The van der Waals surface area contributed by atoms with Gasteiger partial charge in [-0.05, 0) is 77.3 Å². The lowest BCUT2D eigenvalue weighted by Gasteiger charge is -2.30. The maximum Gasteiger partial charge on any atom is 0.127 e. The SMILES string of the molecule is CCCc1ccc(-c2ccc(CCC3CCC(C[C@H](C)c4ccccc4)CC3)cc2)cc1F. The maximum absolute atomic E-state index is 14.3. The molecule has 0 unspecified atom stereocenters. The van der Waals surface area contributed by atoms with Gasteiger partial charge in [-0.2, -0.15) is 0 Å². The van der Waals surface area contributed by atoms with Crippen molar-refractivity contribution in [1.29, 1.82) is 0 Å². The fraction of sp³-hybridized carbons (Fsp3) is 0.438. The Morgan fingerprint density at radius 2 is 1.45 bits per heavy atom. The number of aryl methyl sites for hydroxylation is 2. The van der Waals surface area contributed by atoms with Gasteiger partial charge in [0.1, 0.15) is 5.82 Å². The van der Waals surface area contributed by atoms with Crippen molar-refractivity contribution < 1.29 is 4.39 Å². The quantitative estimate of drug-likeness (QED) is 0.309. The van der Waals surface area contributed by atoms with Crippen LogP contribution in [-0.2, 0) is 12.8 Å². The second kappa shape index (κ2) is 11.6. The molecule has 0 spiro atoms. The van der Waals surface area contributed by atoms with Crippen molar-refractivity contribution in [3.05, 3.63) is 95.3 Å². The highest BCUT2D eigenvalue weighted by Gasteiger charge is 2.23. The number of rotatable bonds is 9. The molecule has 1 heteroatoms. The lowest BCUT2D eigenvalue weighted by molar-refractivity contribution is 0.245. The van der Waals surface area contributed by atoms with Crippen molar-refractivity contribution in [1.82, 2.24) is 0 Å². The first-order chi connectivity index (χ1) is 16.1. The minimum atomic E-state index is -0.0767. The molecule has 1 aliphatic carbocycles. The lowest BCUT2D eigenvalue weighted by atomic mass is 9.75. The molecule has 1 saturated carbocycles. The Bertz CT molecular complexity index is 981. The Labute approximate surface area is 200 Å². The summed E-state index contributed by atoms with van der Waals surface area (Å²) in [6.07, 6.45) is 11.1. The smallest absolute Gasteiger partial charge is 0.127 e. The molecule has 0 amide bonds. The Morgan fingerprint density at radius 1 is 0.788 bits per heavy atom. The summed E-state index contributed by atoms with van der Waals surface area (Å²) in [4.78, 5) is 0. The van der Waals surface area contributed by atoms with Gasteiger partial charge in [-0.15, -0.1) is 0 Å². The Kier molecular flexibility index (Phi) is 8.37. The molecule has 0 heterocycles. The van der Waals surface area contributed by atoms with Crippen molar-refractivity contribution >= 4 is 0 Å². The van der Waals surface area contributed by atoms with Crippen LogP contribution in [0.2, 0.25) is 0 Å². The predicted octanol–water partition coefficient (Wildman–Crippen LogP) is 9.38. The Hall–Kier alpha value is -2.41. The molecule has 0 aliphatic heterocycles. The molecule has 0 aromatic heterocycles. The van der Waals surface area contributed by atoms with Gasteiger partial charge in [-0.3, -0.25) is 0 Å². The fourth-order valence-corrected chi connectivity index (χ4v) is 5.61. The topological polar surface area (TPSA) is 0 Å². The Balaban J connectivity index is 1.23. The molecule has 1 aliphatic rings. The molecular formula is C32H39F. The third-order valence-corrected chi connectivity index (χ3v) is 7.72. The zero-order valence-electron chi connectivity index (χ0n) is 20.4. The van der Waals surface area contributed by atoms with Crippen LogP contribution >= 0.6 is 0 Å². The van der Waals surface area contributed by atoms with Crippen LogP contribution in [-0.4, -0.2) is 0 Å². The molecule has 0 saturated heterocycles.